The van der Waals surface area contributed by atoms with Crippen LogP contribution in [0.15, 0.2) is 88.5 Å². The van der Waals surface area contributed by atoms with E-state index in [1.807, 2.05) is 43.3 Å². The third-order valence-corrected chi connectivity index (χ3v) is 5.87. The summed E-state index contributed by atoms with van der Waals surface area (Å²) < 4.78 is 4.66. The molecule has 0 radical (unpaired) electrons. The third kappa shape index (κ3) is 3.53. The van der Waals surface area contributed by atoms with Crippen LogP contribution >= 0.6 is 0 Å². The zero-order valence-corrected chi connectivity index (χ0v) is 18.7. The summed E-state index contributed by atoms with van der Waals surface area (Å²) in [7, 11) is 1.79. The molecule has 0 aliphatic heterocycles. The van der Waals surface area contributed by atoms with Crippen molar-refractivity contribution in [2.24, 2.45) is 7.05 Å². The van der Waals surface area contributed by atoms with Crippen molar-refractivity contribution < 1.29 is 5.11 Å². The molecule has 0 atom stereocenters. The lowest BCUT2D eigenvalue weighted by molar-refractivity contribution is 0.475. The van der Waals surface area contributed by atoms with E-state index >= 15 is 0 Å². The van der Waals surface area contributed by atoms with E-state index < -0.39 is 0 Å². The minimum absolute atomic E-state index is 0.166. The van der Waals surface area contributed by atoms with Gasteiger partial charge in [-0.25, -0.2) is 9.67 Å². The summed E-state index contributed by atoms with van der Waals surface area (Å²) in [5, 5.41) is 9.98. The summed E-state index contributed by atoms with van der Waals surface area (Å²) in [5.74, 6) is 0.502. The number of hydrogen-bond acceptors (Lipinski definition) is 4. The Bertz CT molecular complexity index is 1660. The molecule has 34 heavy (non-hydrogen) atoms. The third-order valence-electron chi connectivity index (χ3n) is 5.87. The lowest BCUT2D eigenvalue weighted by atomic mass is 10.2. The van der Waals surface area contributed by atoms with Crippen LogP contribution in [-0.4, -0.2) is 24.0 Å². The van der Waals surface area contributed by atoms with Crippen molar-refractivity contribution in [2.45, 2.75) is 6.92 Å². The molecule has 0 bridgehead atoms. The predicted molar refractivity (Wildman–Crippen MR) is 134 cm³/mol. The van der Waals surface area contributed by atoms with E-state index in [9.17, 15) is 14.7 Å². The first-order chi connectivity index (χ1) is 16.5. The van der Waals surface area contributed by atoms with Crippen LogP contribution in [0.3, 0.4) is 0 Å². The number of fused-ring (bicyclic) bond motifs is 1. The van der Waals surface area contributed by atoms with Gasteiger partial charge in [0.15, 0.2) is 0 Å². The van der Waals surface area contributed by atoms with Gasteiger partial charge in [-0.1, -0.05) is 48.5 Å². The second-order valence-electron chi connectivity index (χ2n) is 7.96. The molecule has 2 aromatic heterocycles. The lowest BCUT2D eigenvalue weighted by Crippen LogP contribution is -2.28. The van der Waals surface area contributed by atoms with Gasteiger partial charge in [0.1, 0.15) is 17.3 Å². The molecule has 0 fully saturated rings. The van der Waals surface area contributed by atoms with Gasteiger partial charge in [0, 0.05) is 7.05 Å². The van der Waals surface area contributed by atoms with Gasteiger partial charge in [-0.05, 0) is 55.0 Å². The molecule has 0 aliphatic carbocycles. The number of aromatic nitrogens is 4. The first-order valence-electron chi connectivity index (χ1n) is 10.8. The van der Waals surface area contributed by atoms with E-state index in [0.29, 0.717) is 28.1 Å². The Morgan fingerprint density at radius 1 is 0.824 bits per heavy atom. The van der Waals surface area contributed by atoms with Crippen LogP contribution in [0.2, 0.25) is 0 Å². The molecule has 5 rings (SSSR count). The number of hydrogen-bond donors (Lipinski definition) is 1. The summed E-state index contributed by atoms with van der Waals surface area (Å²) in [6.07, 6.45) is 3.50. The van der Waals surface area contributed by atoms with Crippen molar-refractivity contribution in [1.29, 1.82) is 0 Å². The Balaban J connectivity index is 1.79. The van der Waals surface area contributed by atoms with Crippen LogP contribution in [0, 0.1) is 6.92 Å². The molecule has 3 aromatic carbocycles. The number of phenolic OH excluding ortho intramolecular Hbond substituents is 1. The summed E-state index contributed by atoms with van der Waals surface area (Å²) in [5.41, 5.74) is 2.32. The van der Waals surface area contributed by atoms with Crippen molar-refractivity contribution in [3.63, 3.8) is 0 Å². The van der Waals surface area contributed by atoms with Gasteiger partial charge in [0.2, 0.25) is 0 Å². The zero-order chi connectivity index (χ0) is 23.8. The SMILES string of the molecule is Cc1c(-n2c(C=Cc3ccc(O)cc3)nc3ccccc3c2=O)c(=O)n(-c2ccccc2)n1C. The molecule has 7 heteroatoms. The Morgan fingerprint density at radius 3 is 2.24 bits per heavy atom. The summed E-state index contributed by atoms with van der Waals surface area (Å²) in [6, 6.07) is 23.1. The van der Waals surface area contributed by atoms with Crippen molar-refractivity contribution in [1.82, 2.24) is 18.9 Å². The van der Waals surface area contributed by atoms with Crippen molar-refractivity contribution >= 4 is 23.1 Å². The van der Waals surface area contributed by atoms with Crippen LogP contribution in [0.5, 0.6) is 5.75 Å². The van der Waals surface area contributed by atoms with Crippen molar-refractivity contribution in [3.05, 3.63) is 117 Å². The standard InChI is InChI=1S/C27H22N4O3/c1-18-25(27(34)31(29(18)2)20-8-4-3-5-9-20)30-24(17-14-19-12-15-21(32)16-13-19)28-23-11-7-6-10-22(23)26(30)33/h3-17,32H,1-2H3. The number of benzene rings is 3. The normalized spacial score (nSPS) is 11.5. The van der Waals surface area contributed by atoms with Gasteiger partial charge in [-0.15, -0.1) is 0 Å². The average Bonchev–Trinajstić information content (AvgIpc) is 3.07. The molecule has 0 unspecified atom stereocenters. The average molecular weight is 450 g/mol. The van der Waals surface area contributed by atoms with E-state index in [0.717, 1.165) is 5.56 Å². The fourth-order valence-corrected chi connectivity index (χ4v) is 4.05. The van der Waals surface area contributed by atoms with E-state index in [1.54, 1.807) is 71.0 Å². The van der Waals surface area contributed by atoms with Crippen LogP contribution < -0.4 is 11.1 Å². The minimum Gasteiger partial charge on any atom is -0.508 e. The molecule has 0 spiro atoms. The second kappa shape index (κ2) is 8.37. The molecule has 7 nitrogen and oxygen atoms in total. The first-order valence-corrected chi connectivity index (χ1v) is 10.8. The van der Waals surface area contributed by atoms with Crippen LogP contribution in [0.25, 0.3) is 34.4 Å². The molecular formula is C27H22N4O3. The van der Waals surface area contributed by atoms with Gasteiger partial charge in [0.05, 0.1) is 22.3 Å². The van der Waals surface area contributed by atoms with Crippen LogP contribution in [-0.2, 0) is 7.05 Å². The van der Waals surface area contributed by atoms with E-state index in [4.69, 9.17) is 4.98 Å². The molecule has 0 amide bonds. The minimum atomic E-state index is -0.318. The second-order valence-corrected chi connectivity index (χ2v) is 7.96. The van der Waals surface area contributed by atoms with Crippen molar-refractivity contribution in [3.8, 4) is 17.1 Å². The molecule has 168 valence electrons. The largest absolute Gasteiger partial charge is 0.508 e. The van der Waals surface area contributed by atoms with Gasteiger partial charge in [0.25, 0.3) is 11.1 Å². The Hall–Kier alpha value is -4.65. The van der Waals surface area contributed by atoms with E-state index in [2.05, 4.69) is 0 Å². The van der Waals surface area contributed by atoms with Crippen LogP contribution in [0.1, 0.15) is 17.1 Å². The Morgan fingerprint density at radius 2 is 1.50 bits per heavy atom. The fourth-order valence-electron chi connectivity index (χ4n) is 4.05. The highest BCUT2D eigenvalue weighted by molar-refractivity contribution is 5.80. The highest BCUT2D eigenvalue weighted by Gasteiger charge is 2.22. The monoisotopic (exact) mass is 450 g/mol. The Kier molecular flexibility index (Phi) is 5.22. The maximum Gasteiger partial charge on any atom is 0.296 e. The first kappa shape index (κ1) is 21.2. The summed E-state index contributed by atoms with van der Waals surface area (Å²) in [4.78, 5) is 32.0. The fraction of sp³-hybridized carbons (Fsp3) is 0.0741. The molecule has 0 saturated carbocycles. The van der Waals surface area contributed by atoms with Crippen LogP contribution in [0.4, 0.5) is 0 Å². The lowest BCUT2D eigenvalue weighted by Gasteiger charge is -2.10. The van der Waals surface area contributed by atoms with E-state index in [-0.39, 0.29) is 22.6 Å². The Labute approximate surface area is 195 Å². The molecule has 0 aliphatic rings. The quantitative estimate of drug-likeness (QED) is 0.448. The highest BCUT2D eigenvalue weighted by Crippen LogP contribution is 2.18. The highest BCUT2D eigenvalue weighted by atomic mass is 16.3. The number of aromatic hydroxyl groups is 1. The zero-order valence-electron chi connectivity index (χ0n) is 18.7. The molecular weight excluding hydrogens is 428 g/mol. The molecule has 2 heterocycles. The number of nitrogens with zero attached hydrogens (tertiary/aromatic N) is 4. The predicted octanol–water partition coefficient (Wildman–Crippen LogP) is 4.06. The number of rotatable bonds is 4. The molecule has 1 N–H and O–H groups in total. The van der Waals surface area contributed by atoms with Gasteiger partial charge in [-0.2, -0.15) is 0 Å². The number of phenols is 1. The van der Waals surface area contributed by atoms with Gasteiger partial charge < -0.3 is 5.11 Å². The molecule has 5 aromatic rings. The maximum absolute atomic E-state index is 13.7. The number of para-hydroxylation sites is 2. The van der Waals surface area contributed by atoms with Gasteiger partial charge in [-0.3, -0.25) is 18.8 Å². The summed E-state index contributed by atoms with van der Waals surface area (Å²) in [6.45, 7) is 1.81. The van der Waals surface area contributed by atoms with E-state index in [1.165, 1.54) is 4.57 Å². The van der Waals surface area contributed by atoms with Gasteiger partial charge >= 0.3 is 0 Å². The van der Waals surface area contributed by atoms with Crippen molar-refractivity contribution in [2.75, 3.05) is 0 Å². The summed E-state index contributed by atoms with van der Waals surface area (Å²) >= 11 is 0. The topological polar surface area (TPSA) is 82.1 Å². The smallest absolute Gasteiger partial charge is 0.296 e. The molecule has 0 saturated heterocycles. The maximum atomic E-state index is 13.7.